The van der Waals surface area contributed by atoms with E-state index < -0.39 is 0 Å². The summed E-state index contributed by atoms with van der Waals surface area (Å²) in [6.45, 7) is 0.894. The van der Waals surface area contributed by atoms with E-state index >= 15 is 0 Å². The van der Waals surface area contributed by atoms with Crippen molar-refractivity contribution in [3.05, 3.63) is 47.7 Å². The van der Waals surface area contributed by atoms with E-state index in [0.717, 1.165) is 17.7 Å². The Balaban J connectivity index is 2.40. The molecule has 0 spiro atoms. The second-order valence-corrected chi connectivity index (χ2v) is 4.79. The second-order valence-electron chi connectivity index (χ2n) is 4.79. The largest absolute Gasteiger partial charge is 0.480 e. The molecule has 0 bridgehead atoms. The SMILES string of the molecule is COc1nccc(-c2ccc(CN(C)C)cc2)c1C#N. The zero-order chi connectivity index (χ0) is 14.5. The van der Waals surface area contributed by atoms with Gasteiger partial charge in [0.25, 0.3) is 0 Å². The van der Waals surface area contributed by atoms with Crippen molar-refractivity contribution in [2.75, 3.05) is 21.2 Å². The minimum absolute atomic E-state index is 0.363. The summed E-state index contributed by atoms with van der Waals surface area (Å²) in [7, 11) is 5.60. The van der Waals surface area contributed by atoms with Crippen LogP contribution in [0.4, 0.5) is 0 Å². The summed E-state index contributed by atoms with van der Waals surface area (Å²) in [6.07, 6.45) is 1.66. The summed E-state index contributed by atoms with van der Waals surface area (Å²) in [5, 5.41) is 9.29. The van der Waals surface area contributed by atoms with Gasteiger partial charge in [-0.05, 0) is 31.3 Å². The fraction of sp³-hybridized carbons (Fsp3) is 0.250. The molecule has 0 radical (unpaired) electrons. The number of hydrogen-bond acceptors (Lipinski definition) is 4. The molecule has 0 aliphatic rings. The quantitative estimate of drug-likeness (QED) is 0.854. The average molecular weight is 267 g/mol. The van der Waals surface area contributed by atoms with Crippen LogP contribution >= 0.6 is 0 Å². The molecule has 2 rings (SSSR count). The first-order valence-electron chi connectivity index (χ1n) is 6.33. The Labute approximate surface area is 119 Å². The third-order valence-corrected chi connectivity index (χ3v) is 2.99. The van der Waals surface area contributed by atoms with E-state index in [-0.39, 0.29) is 0 Å². The Kier molecular flexibility index (Phi) is 4.34. The zero-order valence-electron chi connectivity index (χ0n) is 11.9. The van der Waals surface area contributed by atoms with Crippen LogP contribution in [0.2, 0.25) is 0 Å². The van der Waals surface area contributed by atoms with Crippen molar-refractivity contribution in [2.45, 2.75) is 6.54 Å². The van der Waals surface area contributed by atoms with Crippen molar-refractivity contribution in [1.82, 2.24) is 9.88 Å². The van der Waals surface area contributed by atoms with Gasteiger partial charge in [0.15, 0.2) is 0 Å². The average Bonchev–Trinajstić information content (AvgIpc) is 2.46. The van der Waals surface area contributed by atoms with Crippen LogP contribution in [0.5, 0.6) is 5.88 Å². The number of rotatable bonds is 4. The zero-order valence-corrected chi connectivity index (χ0v) is 11.9. The Morgan fingerprint density at radius 2 is 1.90 bits per heavy atom. The molecule has 0 N–H and O–H groups in total. The lowest BCUT2D eigenvalue weighted by Crippen LogP contribution is -2.10. The first kappa shape index (κ1) is 14.0. The van der Waals surface area contributed by atoms with Crippen LogP contribution in [-0.4, -0.2) is 31.1 Å². The lowest BCUT2D eigenvalue weighted by molar-refractivity contribution is 0.397. The molecule has 0 atom stereocenters. The highest BCUT2D eigenvalue weighted by atomic mass is 16.5. The number of nitrogens with zero attached hydrogens (tertiary/aromatic N) is 3. The smallest absolute Gasteiger partial charge is 0.232 e. The second kappa shape index (κ2) is 6.18. The number of hydrogen-bond donors (Lipinski definition) is 0. The predicted molar refractivity (Wildman–Crippen MR) is 78.3 cm³/mol. The maximum atomic E-state index is 9.29. The fourth-order valence-electron chi connectivity index (χ4n) is 2.10. The minimum Gasteiger partial charge on any atom is -0.480 e. The topological polar surface area (TPSA) is 49.1 Å². The van der Waals surface area contributed by atoms with Gasteiger partial charge in [-0.25, -0.2) is 4.98 Å². The predicted octanol–water partition coefficient (Wildman–Crippen LogP) is 2.69. The van der Waals surface area contributed by atoms with Crippen LogP contribution in [0.15, 0.2) is 36.5 Å². The van der Waals surface area contributed by atoms with Crippen LogP contribution in [0.3, 0.4) is 0 Å². The normalized spacial score (nSPS) is 10.3. The minimum atomic E-state index is 0.363. The molecule has 0 saturated heterocycles. The van der Waals surface area contributed by atoms with Crippen LogP contribution in [-0.2, 0) is 6.54 Å². The van der Waals surface area contributed by atoms with E-state index in [1.165, 1.54) is 12.7 Å². The van der Waals surface area contributed by atoms with Gasteiger partial charge in [0.2, 0.25) is 5.88 Å². The Hall–Kier alpha value is -2.38. The molecule has 1 heterocycles. The maximum absolute atomic E-state index is 9.29. The number of ether oxygens (including phenoxy) is 1. The van der Waals surface area contributed by atoms with E-state index in [4.69, 9.17) is 4.74 Å². The molecular formula is C16H17N3O. The van der Waals surface area contributed by atoms with Crippen LogP contribution < -0.4 is 4.74 Å². The summed E-state index contributed by atoms with van der Waals surface area (Å²) in [4.78, 5) is 6.18. The molecule has 0 saturated carbocycles. The van der Waals surface area contributed by atoms with E-state index in [2.05, 4.69) is 28.1 Å². The summed E-state index contributed by atoms with van der Waals surface area (Å²) < 4.78 is 5.13. The van der Waals surface area contributed by atoms with Gasteiger partial charge in [-0.3, -0.25) is 0 Å². The van der Waals surface area contributed by atoms with Crippen molar-refractivity contribution in [3.63, 3.8) is 0 Å². The Morgan fingerprint density at radius 3 is 2.45 bits per heavy atom. The van der Waals surface area contributed by atoms with E-state index in [9.17, 15) is 5.26 Å². The van der Waals surface area contributed by atoms with Crippen LogP contribution in [0.25, 0.3) is 11.1 Å². The number of aromatic nitrogens is 1. The van der Waals surface area contributed by atoms with Gasteiger partial charge in [-0.15, -0.1) is 0 Å². The molecule has 0 amide bonds. The number of methoxy groups -OCH3 is 1. The van der Waals surface area contributed by atoms with Crippen molar-refractivity contribution in [1.29, 1.82) is 5.26 Å². The summed E-state index contributed by atoms with van der Waals surface area (Å²) in [6, 6.07) is 12.2. The van der Waals surface area contributed by atoms with Gasteiger partial charge >= 0.3 is 0 Å². The highest BCUT2D eigenvalue weighted by Gasteiger charge is 2.11. The molecule has 4 nitrogen and oxygen atoms in total. The number of nitriles is 1. The first-order valence-corrected chi connectivity index (χ1v) is 6.33. The van der Waals surface area contributed by atoms with Crippen LogP contribution in [0, 0.1) is 11.3 Å². The van der Waals surface area contributed by atoms with Gasteiger partial charge < -0.3 is 9.64 Å². The molecule has 102 valence electrons. The van der Waals surface area contributed by atoms with Gasteiger partial charge in [0.1, 0.15) is 11.6 Å². The lowest BCUT2D eigenvalue weighted by atomic mass is 10.0. The van der Waals surface area contributed by atoms with Crippen molar-refractivity contribution < 1.29 is 4.74 Å². The molecule has 0 unspecified atom stereocenters. The molecule has 20 heavy (non-hydrogen) atoms. The maximum Gasteiger partial charge on any atom is 0.232 e. The molecule has 1 aromatic heterocycles. The van der Waals surface area contributed by atoms with Gasteiger partial charge in [-0.1, -0.05) is 24.3 Å². The number of pyridine rings is 1. The highest BCUT2D eigenvalue weighted by molar-refractivity contribution is 5.72. The third-order valence-electron chi connectivity index (χ3n) is 2.99. The van der Waals surface area contributed by atoms with E-state index in [1.54, 1.807) is 6.20 Å². The standard InChI is InChI=1S/C16H17N3O/c1-19(2)11-12-4-6-13(7-5-12)14-8-9-18-16(20-3)15(14)10-17/h4-9H,11H2,1-3H3. The fourth-order valence-corrected chi connectivity index (χ4v) is 2.10. The van der Waals surface area contributed by atoms with E-state index in [1.807, 2.05) is 32.3 Å². The highest BCUT2D eigenvalue weighted by Crippen LogP contribution is 2.28. The van der Waals surface area contributed by atoms with Crippen molar-refractivity contribution in [2.24, 2.45) is 0 Å². The molecule has 2 aromatic rings. The summed E-state index contributed by atoms with van der Waals surface area (Å²) in [5.74, 6) is 0.363. The monoisotopic (exact) mass is 267 g/mol. The Bertz CT molecular complexity index is 627. The lowest BCUT2D eigenvalue weighted by Gasteiger charge is -2.11. The van der Waals surface area contributed by atoms with Crippen LogP contribution in [0.1, 0.15) is 11.1 Å². The van der Waals surface area contributed by atoms with Gasteiger partial charge in [0, 0.05) is 18.3 Å². The molecule has 0 aliphatic heterocycles. The molecule has 0 fully saturated rings. The molecule has 1 aromatic carbocycles. The first-order chi connectivity index (χ1) is 9.65. The van der Waals surface area contributed by atoms with Gasteiger partial charge in [0.05, 0.1) is 7.11 Å². The summed E-state index contributed by atoms with van der Waals surface area (Å²) in [5.41, 5.74) is 3.54. The summed E-state index contributed by atoms with van der Waals surface area (Å²) >= 11 is 0. The van der Waals surface area contributed by atoms with Crippen molar-refractivity contribution in [3.8, 4) is 23.1 Å². The number of benzene rings is 1. The molecule has 0 aliphatic carbocycles. The molecular weight excluding hydrogens is 250 g/mol. The van der Waals surface area contributed by atoms with E-state index in [0.29, 0.717) is 11.4 Å². The third kappa shape index (κ3) is 2.95. The Morgan fingerprint density at radius 1 is 1.20 bits per heavy atom. The molecule has 4 heteroatoms. The van der Waals surface area contributed by atoms with Crippen molar-refractivity contribution >= 4 is 0 Å². The van der Waals surface area contributed by atoms with Gasteiger partial charge in [-0.2, -0.15) is 5.26 Å².